The number of aromatic nitrogens is 3. The van der Waals surface area contributed by atoms with Crippen LogP contribution in [-0.2, 0) is 7.05 Å². The summed E-state index contributed by atoms with van der Waals surface area (Å²) in [4.78, 5) is 29.3. The van der Waals surface area contributed by atoms with Gasteiger partial charge in [-0.2, -0.15) is 5.10 Å². The molecular formula is C24H26FN5O2. The van der Waals surface area contributed by atoms with Gasteiger partial charge in [0.05, 0.1) is 11.3 Å². The number of rotatable bonds is 6. The van der Waals surface area contributed by atoms with E-state index >= 15 is 0 Å². The second-order valence-electron chi connectivity index (χ2n) is 8.20. The van der Waals surface area contributed by atoms with Gasteiger partial charge in [-0.15, -0.1) is 0 Å². The van der Waals surface area contributed by atoms with Gasteiger partial charge in [-0.05, 0) is 55.5 Å². The highest BCUT2D eigenvalue weighted by Crippen LogP contribution is 2.24. The predicted octanol–water partition coefficient (Wildman–Crippen LogP) is 3.34. The van der Waals surface area contributed by atoms with E-state index in [2.05, 4.69) is 20.7 Å². The van der Waals surface area contributed by atoms with Gasteiger partial charge in [0.2, 0.25) is 0 Å². The predicted molar refractivity (Wildman–Crippen MR) is 118 cm³/mol. The number of nitrogens with zero attached hydrogens (tertiary/aromatic N) is 3. The van der Waals surface area contributed by atoms with E-state index in [9.17, 15) is 14.0 Å². The van der Waals surface area contributed by atoms with Crippen molar-refractivity contribution in [3.8, 4) is 11.3 Å². The maximum absolute atomic E-state index is 13.4. The molecule has 2 heterocycles. The van der Waals surface area contributed by atoms with E-state index < -0.39 is 0 Å². The second-order valence-corrected chi connectivity index (χ2v) is 8.20. The van der Waals surface area contributed by atoms with Gasteiger partial charge in [0.25, 0.3) is 11.8 Å². The van der Waals surface area contributed by atoms with E-state index in [0.717, 1.165) is 25.7 Å². The molecule has 2 atom stereocenters. The Morgan fingerprint density at radius 1 is 1.16 bits per heavy atom. The van der Waals surface area contributed by atoms with E-state index in [4.69, 9.17) is 0 Å². The molecule has 2 N–H and O–H groups in total. The molecule has 8 heteroatoms. The topological polar surface area (TPSA) is 88.9 Å². The number of halogens is 1. The highest BCUT2D eigenvalue weighted by Gasteiger charge is 2.24. The Kier molecular flexibility index (Phi) is 6.58. The summed E-state index contributed by atoms with van der Waals surface area (Å²) in [5.41, 5.74) is 2.28. The van der Waals surface area contributed by atoms with Crippen LogP contribution in [0.25, 0.3) is 11.3 Å². The third-order valence-electron chi connectivity index (χ3n) is 5.87. The molecule has 3 aromatic rings. The van der Waals surface area contributed by atoms with Crippen molar-refractivity contribution in [3.63, 3.8) is 0 Å². The van der Waals surface area contributed by atoms with Crippen molar-refractivity contribution in [1.82, 2.24) is 25.4 Å². The molecule has 2 amide bonds. The van der Waals surface area contributed by atoms with Crippen LogP contribution in [0.3, 0.4) is 0 Å². The molecule has 0 aliphatic heterocycles. The third kappa shape index (κ3) is 5.19. The Balaban J connectivity index is 1.30. The molecule has 4 rings (SSSR count). The Morgan fingerprint density at radius 2 is 2.03 bits per heavy atom. The smallest absolute Gasteiger partial charge is 0.269 e. The Labute approximate surface area is 186 Å². The van der Waals surface area contributed by atoms with Crippen LogP contribution >= 0.6 is 0 Å². The van der Waals surface area contributed by atoms with Gasteiger partial charge in [-0.1, -0.05) is 18.6 Å². The number of amides is 2. The number of nitrogens with one attached hydrogen (secondary N) is 2. The van der Waals surface area contributed by atoms with Crippen LogP contribution in [0.15, 0.2) is 54.9 Å². The van der Waals surface area contributed by atoms with Crippen molar-refractivity contribution in [2.24, 2.45) is 13.0 Å². The molecule has 0 radical (unpaired) electrons. The highest BCUT2D eigenvalue weighted by molar-refractivity contribution is 5.94. The fourth-order valence-corrected chi connectivity index (χ4v) is 4.15. The number of carbonyl (C=O) groups excluding carboxylic acids is 2. The standard InChI is InChI=1S/C24H26FN5O2/c1-30-22(10-11-28-30)24(32)27-14-16-4-2-7-20(12-16)29-23(31)18-8-9-21(26-15-18)17-5-3-6-19(25)13-17/h3,5-6,8-11,13,15-16,20H,2,4,7,12,14H2,1H3,(H,27,32)(H,29,31). The normalized spacial score (nSPS) is 18.2. The number of aryl methyl sites for hydroxylation is 1. The van der Waals surface area contributed by atoms with Crippen molar-refractivity contribution in [1.29, 1.82) is 0 Å². The van der Waals surface area contributed by atoms with Crippen LogP contribution in [-0.4, -0.2) is 39.2 Å². The lowest BCUT2D eigenvalue weighted by Gasteiger charge is -2.30. The lowest BCUT2D eigenvalue weighted by molar-refractivity contribution is 0.0898. The van der Waals surface area contributed by atoms with Crippen LogP contribution in [0.2, 0.25) is 0 Å². The minimum atomic E-state index is -0.325. The van der Waals surface area contributed by atoms with Crippen LogP contribution < -0.4 is 10.6 Å². The molecule has 32 heavy (non-hydrogen) atoms. The quantitative estimate of drug-likeness (QED) is 0.622. The lowest BCUT2D eigenvalue weighted by Crippen LogP contribution is -2.41. The fraction of sp³-hybridized carbons (Fsp3) is 0.333. The molecule has 0 bridgehead atoms. The van der Waals surface area contributed by atoms with Crippen molar-refractivity contribution in [2.75, 3.05) is 6.54 Å². The summed E-state index contributed by atoms with van der Waals surface area (Å²) in [6, 6.07) is 11.4. The molecule has 2 aromatic heterocycles. The van der Waals surface area contributed by atoms with Crippen molar-refractivity contribution in [2.45, 2.75) is 31.7 Å². The third-order valence-corrected chi connectivity index (χ3v) is 5.87. The maximum atomic E-state index is 13.4. The molecule has 1 aliphatic rings. The van der Waals surface area contributed by atoms with E-state index in [1.54, 1.807) is 48.3 Å². The molecule has 0 saturated heterocycles. The zero-order valence-corrected chi connectivity index (χ0v) is 17.9. The summed E-state index contributed by atoms with van der Waals surface area (Å²) in [5.74, 6) is -0.331. The molecule has 166 valence electrons. The number of carbonyl (C=O) groups is 2. The van der Waals surface area contributed by atoms with Gasteiger partial charge in [0.1, 0.15) is 11.5 Å². The second kappa shape index (κ2) is 9.72. The summed E-state index contributed by atoms with van der Waals surface area (Å²) in [5, 5.41) is 10.1. The summed E-state index contributed by atoms with van der Waals surface area (Å²) >= 11 is 0. The minimum Gasteiger partial charge on any atom is -0.350 e. The largest absolute Gasteiger partial charge is 0.350 e. The number of hydrogen-bond donors (Lipinski definition) is 2. The SMILES string of the molecule is Cn1nccc1C(=O)NCC1CCCC(NC(=O)c2ccc(-c3cccc(F)c3)nc2)C1. The number of benzene rings is 1. The van der Waals surface area contributed by atoms with Crippen molar-refractivity contribution >= 4 is 11.8 Å². The average Bonchev–Trinajstić information content (AvgIpc) is 3.24. The van der Waals surface area contributed by atoms with Gasteiger partial charge in [0, 0.05) is 37.6 Å². The lowest BCUT2D eigenvalue weighted by atomic mass is 9.85. The summed E-state index contributed by atoms with van der Waals surface area (Å²) in [6.07, 6.45) is 6.85. The minimum absolute atomic E-state index is 0.0535. The Bertz CT molecular complexity index is 1100. The molecular weight excluding hydrogens is 409 g/mol. The summed E-state index contributed by atoms with van der Waals surface area (Å²) in [6.45, 7) is 0.570. The van der Waals surface area contributed by atoms with E-state index in [1.807, 2.05) is 0 Å². The van der Waals surface area contributed by atoms with Gasteiger partial charge in [-0.25, -0.2) is 4.39 Å². The molecule has 1 aliphatic carbocycles. The Morgan fingerprint density at radius 3 is 2.75 bits per heavy atom. The van der Waals surface area contributed by atoms with Gasteiger partial charge >= 0.3 is 0 Å². The number of pyridine rings is 1. The van der Waals surface area contributed by atoms with Crippen LogP contribution in [0.5, 0.6) is 0 Å². The monoisotopic (exact) mass is 435 g/mol. The van der Waals surface area contributed by atoms with Gasteiger partial charge in [0.15, 0.2) is 0 Å². The molecule has 1 fully saturated rings. The first-order valence-electron chi connectivity index (χ1n) is 10.8. The summed E-state index contributed by atoms with van der Waals surface area (Å²) < 4.78 is 15.0. The molecule has 2 unspecified atom stereocenters. The van der Waals surface area contributed by atoms with Crippen molar-refractivity contribution in [3.05, 3.63) is 71.9 Å². The van der Waals surface area contributed by atoms with E-state index in [0.29, 0.717) is 35.0 Å². The molecule has 0 spiro atoms. The number of hydrogen-bond acceptors (Lipinski definition) is 4. The average molecular weight is 436 g/mol. The van der Waals surface area contributed by atoms with Gasteiger partial charge < -0.3 is 10.6 Å². The first-order valence-corrected chi connectivity index (χ1v) is 10.8. The first kappa shape index (κ1) is 21.7. The van der Waals surface area contributed by atoms with Gasteiger partial charge in [-0.3, -0.25) is 19.3 Å². The van der Waals surface area contributed by atoms with Crippen molar-refractivity contribution < 1.29 is 14.0 Å². The maximum Gasteiger partial charge on any atom is 0.269 e. The highest BCUT2D eigenvalue weighted by atomic mass is 19.1. The van der Waals surface area contributed by atoms with E-state index in [-0.39, 0.29) is 23.7 Å². The fourth-order valence-electron chi connectivity index (χ4n) is 4.15. The molecule has 7 nitrogen and oxygen atoms in total. The molecule has 1 saturated carbocycles. The summed E-state index contributed by atoms with van der Waals surface area (Å²) in [7, 11) is 1.74. The molecule has 1 aromatic carbocycles. The van der Waals surface area contributed by atoms with Crippen LogP contribution in [0.4, 0.5) is 4.39 Å². The zero-order valence-electron chi connectivity index (χ0n) is 17.9. The van der Waals surface area contributed by atoms with E-state index in [1.165, 1.54) is 18.3 Å². The van der Waals surface area contributed by atoms with Crippen LogP contribution in [0.1, 0.15) is 46.5 Å². The first-order chi connectivity index (χ1) is 15.5. The zero-order chi connectivity index (χ0) is 22.5. The Hall–Kier alpha value is -3.55. The van der Waals surface area contributed by atoms with Crippen LogP contribution in [0, 0.1) is 11.7 Å².